The fraction of sp³-hybridized carbons (Fsp3) is 1.00. The average Bonchev–Trinajstić information content (AvgIpc) is 2.71. The Balaban J connectivity index is 1.74. The van der Waals surface area contributed by atoms with E-state index in [1.165, 1.54) is 32.2 Å². The van der Waals surface area contributed by atoms with Crippen LogP contribution in [0.5, 0.6) is 0 Å². The van der Waals surface area contributed by atoms with E-state index in [0.29, 0.717) is 12.2 Å². The Labute approximate surface area is 106 Å². The maximum absolute atomic E-state index is 6.08. The predicted molar refractivity (Wildman–Crippen MR) is 71.3 cm³/mol. The van der Waals surface area contributed by atoms with Gasteiger partial charge in [-0.05, 0) is 52.1 Å². The summed E-state index contributed by atoms with van der Waals surface area (Å²) in [4.78, 5) is 2.63. The van der Waals surface area contributed by atoms with Crippen molar-refractivity contribution in [1.29, 1.82) is 0 Å². The van der Waals surface area contributed by atoms with Crippen molar-refractivity contribution in [2.75, 3.05) is 26.7 Å². The normalized spacial score (nSPS) is 39.7. The molecule has 4 atom stereocenters. The van der Waals surface area contributed by atoms with Gasteiger partial charge in [-0.15, -0.1) is 0 Å². The van der Waals surface area contributed by atoms with E-state index in [-0.39, 0.29) is 0 Å². The zero-order valence-electron chi connectivity index (χ0n) is 11.6. The molecule has 0 bridgehead atoms. The second-order valence-corrected chi connectivity index (χ2v) is 5.99. The second-order valence-electron chi connectivity index (χ2n) is 5.99. The molecular formula is C14H28N2O. The Hall–Kier alpha value is -0.120. The number of rotatable bonds is 4. The standard InChI is InChI=1S/C14H28N2O/c1-11-6-7-16(12(2)8-11)10-14-5-4-13(17-14)9-15-3/h11-15H,4-10H2,1-3H3. The first-order valence-electron chi connectivity index (χ1n) is 7.23. The summed E-state index contributed by atoms with van der Waals surface area (Å²) in [7, 11) is 2.00. The SMILES string of the molecule is CNCC1CCC(CN2CCC(C)CC2C)O1. The highest BCUT2D eigenvalue weighted by molar-refractivity contribution is 4.82. The van der Waals surface area contributed by atoms with Crippen LogP contribution in [0.1, 0.15) is 39.5 Å². The second kappa shape index (κ2) is 6.17. The van der Waals surface area contributed by atoms with Crippen molar-refractivity contribution in [3.63, 3.8) is 0 Å². The van der Waals surface area contributed by atoms with Crippen molar-refractivity contribution in [3.8, 4) is 0 Å². The largest absolute Gasteiger partial charge is 0.372 e. The molecule has 0 aromatic carbocycles. The van der Waals surface area contributed by atoms with Crippen LogP contribution in [-0.4, -0.2) is 49.8 Å². The minimum atomic E-state index is 0.448. The Morgan fingerprint density at radius 2 is 1.94 bits per heavy atom. The Morgan fingerprint density at radius 1 is 1.18 bits per heavy atom. The first-order valence-corrected chi connectivity index (χ1v) is 7.23. The van der Waals surface area contributed by atoms with Gasteiger partial charge in [-0.2, -0.15) is 0 Å². The van der Waals surface area contributed by atoms with Gasteiger partial charge in [-0.25, -0.2) is 0 Å². The molecule has 100 valence electrons. The molecule has 3 heteroatoms. The van der Waals surface area contributed by atoms with E-state index in [1.807, 2.05) is 7.05 Å². The zero-order chi connectivity index (χ0) is 12.3. The first-order chi connectivity index (χ1) is 8.19. The molecule has 2 rings (SSSR count). The van der Waals surface area contributed by atoms with Crippen LogP contribution in [0.25, 0.3) is 0 Å². The minimum absolute atomic E-state index is 0.448. The molecule has 0 spiro atoms. The van der Waals surface area contributed by atoms with Gasteiger partial charge in [0.25, 0.3) is 0 Å². The quantitative estimate of drug-likeness (QED) is 0.812. The number of hydrogen-bond acceptors (Lipinski definition) is 3. The van der Waals surface area contributed by atoms with Crippen molar-refractivity contribution in [1.82, 2.24) is 10.2 Å². The summed E-state index contributed by atoms with van der Waals surface area (Å²) in [6.45, 7) is 8.16. The lowest BCUT2D eigenvalue weighted by molar-refractivity contribution is 0.00579. The molecule has 4 unspecified atom stereocenters. The van der Waals surface area contributed by atoms with E-state index in [2.05, 4.69) is 24.1 Å². The van der Waals surface area contributed by atoms with E-state index < -0.39 is 0 Å². The van der Waals surface area contributed by atoms with Gasteiger partial charge < -0.3 is 10.1 Å². The number of ether oxygens (including phenoxy) is 1. The highest BCUT2D eigenvalue weighted by Gasteiger charge is 2.29. The summed E-state index contributed by atoms with van der Waals surface area (Å²) in [6.07, 6.45) is 6.10. The molecule has 2 saturated heterocycles. The van der Waals surface area contributed by atoms with Gasteiger partial charge in [0.05, 0.1) is 12.2 Å². The molecule has 0 amide bonds. The predicted octanol–water partition coefficient (Wildman–Crippen LogP) is 1.87. The number of likely N-dealkylation sites (N-methyl/N-ethyl adjacent to an activating group) is 1. The van der Waals surface area contributed by atoms with Crippen molar-refractivity contribution in [2.45, 2.75) is 57.8 Å². The van der Waals surface area contributed by atoms with E-state index in [9.17, 15) is 0 Å². The van der Waals surface area contributed by atoms with Gasteiger partial charge in [0.2, 0.25) is 0 Å². The summed E-state index contributed by atoms with van der Waals surface area (Å²) in [6, 6.07) is 0.741. The zero-order valence-corrected chi connectivity index (χ0v) is 11.6. The van der Waals surface area contributed by atoms with Gasteiger partial charge >= 0.3 is 0 Å². The van der Waals surface area contributed by atoms with Crippen molar-refractivity contribution < 1.29 is 4.74 Å². The van der Waals surface area contributed by atoms with Gasteiger partial charge in [0.1, 0.15) is 0 Å². The third-order valence-corrected chi connectivity index (χ3v) is 4.34. The van der Waals surface area contributed by atoms with Crippen molar-refractivity contribution in [3.05, 3.63) is 0 Å². The third kappa shape index (κ3) is 3.67. The number of nitrogens with zero attached hydrogens (tertiary/aromatic N) is 1. The molecule has 2 heterocycles. The van der Waals surface area contributed by atoms with E-state index in [0.717, 1.165) is 25.0 Å². The van der Waals surface area contributed by atoms with E-state index >= 15 is 0 Å². The van der Waals surface area contributed by atoms with Crippen molar-refractivity contribution in [2.24, 2.45) is 5.92 Å². The fourth-order valence-corrected chi connectivity index (χ4v) is 3.28. The van der Waals surface area contributed by atoms with Crippen LogP contribution in [0.3, 0.4) is 0 Å². The van der Waals surface area contributed by atoms with Crippen LogP contribution in [0, 0.1) is 5.92 Å². The number of nitrogens with one attached hydrogen (secondary N) is 1. The molecule has 0 radical (unpaired) electrons. The van der Waals surface area contributed by atoms with Crippen LogP contribution in [-0.2, 0) is 4.74 Å². The summed E-state index contributed by atoms with van der Waals surface area (Å²) in [5.41, 5.74) is 0. The van der Waals surface area contributed by atoms with E-state index in [4.69, 9.17) is 4.74 Å². The van der Waals surface area contributed by atoms with Gasteiger partial charge in [0, 0.05) is 19.1 Å². The third-order valence-electron chi connectivity index (χ3n) is 4.34. The lowest BCUT2D eigenvalue weighted by Gasteiger charge is -2.37. The van der Waals surface area contributed by atoms with Gasteiger partial charge in [0.15, 0.2) is 0 Å². The van der Waals surface area contributed by atoms with Crippen LogP contribution < -0.4 is 5.32 Å². The van der Waals surface area contributed by atoms with Crippen LogP contribution in [0.4, 0.5) is 0 Å². The Morgan fingerprint density at radius 3 is 2.65 bits per heavy atom. The molecule has 0 aromatic heterocycles. The molecule has 3 nitrogen and oxygen atoms in total. The minimum Gasteiger partial charge on any atom is -0.372 e. The molecule has 17 heavy (non-hydrogen) atoms. The molecule has 2 fully saturated rings. The molecule has 0 aromatic rings. The lowest BCUT2D eigenvalue weighted by atomic mass is 9.93. The fourth-order valence-electron chi connectivity index (χ4n) is 3.28. The summed E-state index contributed by atoms with van der Waals surface area (Å²) >= 11 is 0. The molecular weight excluding hydrogens is 212 g/mol. The number of likely N-dealkylation sites (tertiary alicyclic amines) is 1. The van der Waals surface area contributed by atoms with Crippen LogP contribution in [0.2, 0.25) is 0 Å². The van der Waals surface area contributed by atoms with Gasteiger partial charge in [-0.1, -0.05) is 6.92 Å². The maximum atomic E-state index is 6.08. The first kappa shape index (κ1) is 13.3. The average molecular weight is 240 g/mol. The van der Waals surface area contributed by atoms with Crippen LogP contribution >= 0.6 is 0 Å². The smallest absolute Gasteiger partial charge is 0.0707 e. The maximum Gasteiger partial charge on any atom is 0.0707 e. The molecule has 0 aliphatic carbocycles. The Kier molecular flexibility index (Phi) is 4.83. The summed E-state index contributed by atoms with van der Waals surface area (Å²) in [5.74, 6) is 0.905. The van der Waals surface area contributed by atoms with Crippen LogP contribution in [0.15, 0.2) is 0 Å². The summed E-state index contributed by atoms with van der Waals surface area (Å²) < 4.78 is 6.08. The monoisotopic (exact) mass is 240 g/mol. The Bertz CT molecular complexity index is 234. The molecule has 2 aliphatic heterocycles. The van der Waals surface area contributed by atoms with E-state index in [1.54, 1.807) is 0 Å². The van der Waals surface area contributed by atoms with Crippen molar-refractivity contribution >= 4 is 0 Å². The number of hydrogen-bond donors (Lipinski definition) is 1. The molecule has 2 aliphatic rings. The molecule has 1 N–H and O–H groups in total. The number of piperidine rings is 1. The lowest BCUT2D eigenvalue weighted by Crippen LogP contribution is -2.44. The molecule has 0 saturated carbocycles. The highest BCUT2D eigenvalue weighted by atomic mass is 16.5. The topological polar surface area (TPSA) is 24.5 Å². The summed E-state index contributed by atoms with van der Waals surface area (Å²) in [5, 5.41) is 3.21. The highest BCUT2D eigenvalue weighted by Crippen LogP contribution is 2.25. The van der Waals surface area contributed by atoms with Gasteiger partial charge in [-0.3, -0.25) is 4.90 Å².